The Kier molecular flexibility index (Phi) is 10.9. The molecular weight excluding hydrogens is 414 g/mol. The number of hydrogen-bond acceptors (Lipinski definition) is 6. The van der Waals surface area contributed by atoms with E-state index >= 15 is 0 Å². The van der Waals surface area contributed by atoms with Gasteiger partial charge in [0.15, 0.2) is 0 Å². The first-order valence-corrected chi connectivity index (χ1v) is 11.9. The topological polar surface area (TPSA) is 122 Å². The highest BCUT2D eigenvalue weighted by Crippen LogP contribution is 2.32. The van der Waals surface area contributed by atoms with Gasteiger partial charge in [0.05, 0.1) is 12.5 Å². The van der Waals surface area contributed by atoms with Crippen LogP contribution in [0.2, 0.25) is 0 Å². The lowest BCUT2D eigenvalue weighted by Crippen LogP contribution is -2.52. The summed E-state index contributed by atoms with van der Waals surface area (Å²) >= 11 is 0. The van der Waals surface area contributed by atoms with Crippen molar-refractivity contribution in [1.29, 1.82) is 0 Å². The Morgan fingerprint density at radius 1 is 1.12 bits per heavy atom. The third-order valence-corrected chi connectivity index (χ3v) is 6.65. The zero-order chi connectivity index (χ0) is 23.5. The number of imide groups is 1. The van der Waals surface area contributed by atoms with Crippen LogP contribution in [0.25, 0.3) is 0 Å². The Bertz CT molecular complexity index is 636. The molecule has 2 aliphatic rings. The molecule has 2 rings (SSSR count). The molecule has 0 aromatic rings. The summed E-state index contributed by atoms with van der Waals surface area (Å²) in [5.74, 6) is -0.912. The van der Waals surface area contributed by atoms with Gasteiger partial charge in [-0.05, 0) is 38.3 Å². The van der Waals surface area contributed by atoms with Gasteiger partial charge in [-0.1, -0.05) is 39.5 Å². The van der Waals surface area contributed by atoms with Crippen molar-refractivity contribution in [1.82, 2.24) is 25.5 Å². The van der Waals surface area contributed by atoms with E-state index in [0.717, 1.165) is 38.8 Å². The molecule has 10 heteroatoms. The molecule has 0 unspecified atom stereocenters. The summed E-state index contributed by atoms with van der Waals surface area (Å²) in [7, 11) is 0. The second kappa shape index (κ2) is 13.4. The van der Waals surface area contributed by atoms with Gasteiger partial charge in [0.2, 0.25) is 12.3 Å². The number of hydrogen-bond donors (Lipinski definition) is 3. The summed E-state index contributed by atoms with van der Waals surface area (Å²) in [6, 6.07) is -1.28. The Balaban J connectivity index is 1.93. The molecule has 1 heterocycles. The van der Waals surface area contributed by atoms with Crippen LogP contribution >= 0.6 is 0 Å². The highest BCUT2D eigenvalue weighted by atomic mass is 16.5. The van der Waals surface area contributed by atoms with Gasteiger partial charge >= 0.3 is 6.03 Å². The van der Waals surface area contributed by atoms with Crippen LogP contribution in [0.4, 0.5) is 4.79 Å². The van der Waals surface area contributed by atoms with E-state index in [1.54, 1.807) is 0 Å². The Morgan fingerprint density at radius 3 is 2.44 bits per heavy atom. The average molecular weight is 454 g/mol. The monoisotopic (exact) mass is 453 g/mol. The summed E-state index contributed by atoms with van der Waals surface area (Å²) in [6.07, 6.45) is 6.35. The lowest BCUT2D eigenvalue weighted by atomic mass is 9.91. The molecule has 1 saturated heterocycles. The highest BCUT2D eigenvalue weighted by molar-refractivity contribution is 5.99. The molecule has 182 valence electrons. The van der Waals surface area contributed by atoms with Crippen LogP contribution in [0.1, 0.15) is 58.8 Å². The molecule has 3 N–H and O–H groups in total. The molecule has 1 aliphatic heterocycles. The Labute approximate surface area is 190 Å². The lowest BCUT2D eigenvalue weighted by Gasteiger charge is -2.30. The molecule has 0 radical (unpaired) electrons. The molecule has 32 heavy (non-hydrogen) atoms. The van der Waals surface area contributed by atoms with E-state index in [-0.39, 0.29) is 12.5 Å². The minimum absolute atomic E-state index is 0.0878. The van der Waals surface area contributed by atoms with Crippen LogP contribution in [-0.4, -0.2) is 89.6 Å². The average Bonchev–Trinajstić information content (AvgIpc) is 3.47. The minimum Gasteiger partial charge on any atom is -0.337 e. The van der Waals surface area contributed by atoms with Crippen LogP contribution in [0.15, 0.2) is 0 Å². The standard InChI is InChI=1S/C22H39N5O5/c1-3-25(4-2)13-11-23-22(31)24-20(29)19-10-7-12-27(19)21(30)18(15-26(32)16-28)14-17-8-5-6-9-17/h16-19,32H,3-15H2,1-2H3,(H2,23,24,29,31)/t18-,19+/m1/s1. The van der Waals surface area contributed by atoms with Crippen LogP contribution in [-0.2, 0) is 14.4 Å². The van der Waals surface area contributed by atoms with E-state index in [1.807, 2.05) is 13.8 Å². The number of nitrogens with zero attached hydrogens (tertiary/aromatic N) is 3. The lowest BCUT2D eigenvalue weighted by molar-refractivity contribution is -0.158. The molecule has 1 saturated carbocycles. The molecule has 10 nitrogen and oxygen atoms in total. The highest BCUT2D eigenvalue weighted by Gasteiger charge is 2.39. The smallest absolute Gasteiger partial charge is 0.321 e. The number of likely N-dealkylation sites (tertiary alicyclic amines) is 1. The molecular formula is C22H39N5O5. The molecule has 0 spiro atoms. The van der Waals surface area contributed by atoms with Crippen molar-refractivity contribution in [2.75, 3.05) is 39.3 Å². The van der Waals surface area contributed by atoms with Gasteiger partial charge in [-0.15, -0.1) is 0 Å². The maximum absolute atomic E-state index is 13.3. The number of nitrogens with one attached hydrogen (secondary N) is 2. The van der Waals surface area contributed by atoms with Crippen LogP contribution < -0.4 is 10.6 Å². The molecule has 0 aromatic carbocycles. The molecule has 1 aliphatic carbocycles. The van der Waals surface area contributed by atoms with Crippen molar-refractivity contribution in [3.8, 4) is 0 Å². The van der Waals surface area contributed by atoms with Gasteiger partial charge in [-0.2, -0.15) is 0 Å². The van der Waals surface area contributed by atoms with Crippen molar-refractivity contribution in [3.63, 3.8) is 0 Å². The number of carbonyl (C=O) groups is 4. The van der Waals surface area contributed by atoms with Crippen molar-refractivity contribution in [3.05, 3.63) is 0 Å². The number of rotatable bonds is 12. The quantitative estimate of drug-likeness (QED) is 0.232. The number of urea groups is 1. The predicted molar refractivity (Wildman–Crippen MR) is 119 cm³/mol. The van der Waals surface area contributed by atoms with Gasteiger partial charge in [0.25, 0.3) is 5.91 Å². The van der Waals surface area contributed by atoms with E-state index in [2.05, 4.69) is 15.5 Å². The summed E-state index contributed by atoms with van der Waals surface area (Å²) in [6.45, 7) is 7.32. The second-order valence-electron chi connectivity index (χ2n) is 8.77. The maximum Gasteiger partial charge on any atom is 0.321 e. The van der Waals surface area contributed by atoms with Crippen molar-refractivity contribution in [2.45, 2.75) is 64.8 Å². The SMILES string of the molecule is CCN(CC)CCNC(=O)NC(=O)[C@@H]1CCCN1C(=O)[C@H](CC1CCCC1)CN(O)C=O. The minimum atomic E-state index is -0.717. The van der Waals surface area contributed by atoms with Gasteiger partial charge in [0.1, 0.15) is 6.04 Å². The van der Waals surface area contributed by atoms with Crippen molar-refractivity contribution >= 4 is 24.3 Å². The van der Waals surface area contributed by atoms with E-state index < -0.39 is 23.9 Å². The van der Waals surface area contributed by atoms with Gasteiger partial charge in [-0.25, -0.2) is 9.86 Å². The number of hydroxylamine groups is 2. The zero-order valence-corrected chi connectivity index (χ0v) is 19.4. The van der Waals surface area contributed by atoms with E-state index in [0.29, 0.717) is 56.3 Å². The van der Waals surface area contributed by atoms with Crippen LogP contribution in [0.5, 0.6) is 0 Å². The molecule has 5 amide bonds. The number of carbonyl (C=O) groups excluding carboxylic acids is 4. The van der Waals surface area contributed by atoms with Crippen LogP contribution in [0, 0.1) is 11.8 Å². The Morgan fingerprint density at radius 2 is 1.81 bits per heavy atom. The zero-order valence-electron chi connectivity index (χ0n) is 19.4. The van der Waals surface area contributed by atoms with Gasteiger partial charge in [0, 0.05) is 19.6 Å². The summed E-state index contributed by atoms with van der Waals surface area (Å²) in [5, 5.41) is 15.3. The molecule has 2 atom stereocenters. The second-order valence-corrected chi connectivity index (χ2v) is 8.77. The fourth-order valence-corrected chi connectivity index (χ4v) is 4.82. The van der Waals surface area contributed by atoms with Crippen LogP contribution in [0.3, 0.4) is 0 Å². The van der Waals surface area contributed by atoms with E-state index in [9.17, 15) is 24.4 Å². The first-order chi connectivity index (χ1) is 15.4. The summed E-state index contributed by atoms with van der Waals surface area (Å²) < 4.78 is 0. The van der Waals surface area contributed by atoms with Gasteiger partial charge < -0.3 is 15.1 Å². The van der Waals surface area contributed by atoms with Crippen molar-refractivity contribution in [2.24, 2.45) is 11.8 Å². The third kappa shape index (κ3) is 7.74. The number of likely N-dealkylation sites (N-methyl/N-ethyl adjacent to an activating group) is 1. The van der Waals surface area contributed by atoms with E-state index in [4.69, 9.17) is 0 Å². The van der Waals surface area contributed by atoms with Crippen molar-refractivity contribution < 1.29 is 24.4 Å². The largest absolute Gasteiger partial charge is 0.337 e. The first kappa shape index (κ1) is 26.1. The summed E-state index contributed by atoms with van der Waals surface area (Å²) in [5.41, 5.74) is 0. The predicted octanol–water partition coefficient (Wildman–Crippen LogP) is 1.19. The molecule has 0 aromatic heterocycles. The molecule has 0 bridgehead atoms. The summed E-state index contributed by atoms with van der Waals surface area (Å²) in [4.78, 5) is 52.8. The fourth-order valence-electron chi connectivity index (χ4n) is 4.82. The van der Waals surface area contributed by atoms with E-state index in [1.165, 1.54) is 4.90 Å². The maximum atomic E-state index is 13.3. The normalized spacial score (nSPS) is 19.8. The third-order valence-electron chi connectivity index (χ3n) is 6.65. The fraction of sp³-hybridized carbons (Fsp3) is 0.818. The molecule has 2 fully saturated rings. The Hall–Kier alpha value is -2.20. The first-order valence-electron chi connectivity index (χ1n) is 11.9. The van der Waals surface area contributed by atoms with Gasteiger partial charge in [-0.3, -0.25) is 24.9 Å². The number of amides is 5.